The first-order valence-corrected chi connectivity index (χ1v) is 8.92. The SMILES string of the molecule is CC(C)c1noc(C(C)N2CCC(C(=O)N3CCCC3)CC2)n1. The van der Waals surface area contributed by atoms with Gasteiger partial charge >= 0.3 is 0 Å². The van der Waals surface area contributed by atoms with Gasteiger partial charge < -0.3 is 9.42 Å². The van der Waals surface area contributed by atoms with E-state index in [1.54, 1.807) is 0 Å². The number of rotatable bonds is 4. The Morgan fingerprint density at radius 1 is 1.13 bits per heavy atom. The highest BCUT2D eigenvalue weighted by Crippen LogP contribution is 2.28. The van der Waals surface area contributed by atoms with Crippen molar-refractivity contribution in [2.45, 2.75) is 58.4 Å². The molecule has 3 heterocycles. The zero-order valence-electron chi connectivity index (χ0n) is 14.5. The summed E-state index contributed by atoms with van der Waals surface area (Å²) in [4.78, 5) is 21.4. The lowest BCUT2D eigenvalue weighted by Gasteiger charge is -2.35. The highest BCUT2D eigenvalue weighted by Gasteiger charge is 2.32. The molecule has 0 aliphatic carbocycles. The van der Waals surface area contributed by atoms with Gasteiger partial charge in [0, 0.05) is 24.9 Å². The summed E-state index contributed by atoms with van der Waals surface area (Å²) in [5.41, 5.74) is 0. The van der Waals surface area contributed by atoms with Crippen LogP contribution >= 0.6 is 0 Å². The first kappa shape index (κ1) is 16.4. The molecule has 0 N–H and O–H groups in total. The van der Waals surface area contributed by atoms with Crippen molar-refractivity contribution in [2.75, 3.05) is 26.2 Å². The van der Waals surface area contributed by atoms with Crippen LogP contribution < -0.4 is 0 Å². The van der Waals surface area contributed by atoms with E-state index in [2.05, 4.69) is 40.7 Å². The lowest BCUT2D eigenvalue weighted by molar-refractivity contribution is -0.136. The summed E-state index contributed by atoms with van der Waals surface area (Å²) in [6.45, 7) is 9.99. The maximum Gasteiger partial charge on any atom is 0.243 e. The second-order valence-electron chi connectivity index (χ2n) is 7.16. The number of carbonyl (C=O) groups excluding carboxylic acids is 1. The Bertz CT molecular complexity index is 528. The van der Waals surface area contributed by atoms with Crippen LogP contribution in [0.15, 0.2) is 4.52 Å². The van der Waals surface area contributed by atoms with Gasteiger partial charge in [-0.1, -0.05) is 19.0 Å². The lowest BCUT2D eigenvalue weighted by atomic mass is 9.94. The largest absolute Gasteiger partial charge is 0.342 e. The minimum atomic E-state index is 0.123. The summed E-state index contributed by atoms with van der Waals surface area (Å²) in [5.74, 6) is 2.31. The highest BCUT2D eigenvalue weighted by molar-refractivity contribution is 5.79. The quantitative estimate of drug-likeness (QED) is 0.853. The van der Waals surface area contributed by atoms with Gasteiger partial charge in [-0.3, -0.25) is 9.69 Å². The number of hydrogen-bond donors (Lipinski definition) is 0. The van der Waals surface area contributed by atoms with Crippen molar-refractivity contribution >= 4 is 5.91 Å². The smallest absolute Gasteiger partial charge is 0.243 e. The van der Waals surface area contributed by atoms with Gasteiger partial charge in [-0.2, -0.15) is 4.98 Å². The molecule has 23 heavy (non-hydrogen) atoms. The monoisotopic (exact) mass is 320 g/mol. The molecule has 0 radical (unpaired) electrons. The Morgan fingerprint density at radius 2 is 1.78 bits per heavy atom. The van der Waals surface area contributed by atoms with Crippen molar-refractivity contribution in [3.63, 3.8) is 0 Å². The fourth-order valence-corrected chi connectivity index (χ4v) is 3.54. The number of hydrogen-bond acceptors (Lipinski definition) is 5. The molecule has 2 aliphatic rings. The van der Waals surface area contributed by atoms with Gasteiger partial charge in [0.15, 0.2) is 5.82 Å². The van der Waals surface area contributed by atoms with Crippen LogP contribution in [-0.4, -0.2) is 52.0 Å². The van der Waals surface area contributed by atoms with Crippen LogP contribution in [-0.2, 0) is 4.79 Å². The van der Waals surface area contributed by atoms with E-state index in [1.807, 2.05) is 0 Å². The van der Waals surface area contributed by atoms with Crippen LogP contribution in [0.4, 0.5) is 0 Å². The number of aromatic nitrogens is 2. The fourth-order valence-electron chi connectivity index (χ4n) is 3.54. The number of carbonyl (C=O) groups is 1. The van der Waals surface area contributed by atoms with Gasteiger partial charge in [0.2, 0.25) is 11.8 Å². The van der Waals surface area contributed by atoms with E-state index in [-0.39, 0.29) is 17.9 Å². The van der Waals surface area contributed by atoms with E-state index in [0.717, 1.165) is 57.7 Å². The average molecular weight is 320 g/mol. The van der Waals surface area contributed by atoms with Crippen LogP contribution in [0, 0.1) is 5.92 Å². The topological polar surface area (TPSA) is 62.5 Å². The maximum absolute atomic E-state index is 12.5. The van der Waals surface area contributed by atoms with E-state index in [1.165, 1.54) is 0 Å². The van der Waals surface area contributed by atoms with E-state index in [0.29, 0.717) is 11.8 Å². The number of likely N-dealkylation sites (tertiary alicyclic amines) is 2. The third-order valence-electron chi connectivity index (χ3n) is 5.18. The number of piperidine rings is 1. The van der Waals surface area contributed by atoms with Gasteiger partial charge in [0.1, 0.15) is 0 Å². The van der Waals surface area contributed by atoms with E-state index in [9.17, 15) is 4.79 Å². The molecule has 0 bridgehead atoms. The Labute approximate surface area is 138 Å². The van der Waals surface area contributed by atoms with Crippen molar-refractivity contribution in [2.24, 2.45) is 5.92 Å². The standard InChI is InChI=1S/C17H28N4O2/c1-12(2)15-18-16(23-19-15)13(3)20-10-6-14(7-11-20)17(22)21-8-4-5-9-21/h12-14H,4-11H2,1-3H3. The minimum absolute atomic E-state index is 0.123. The van der Waals surface area contributed by atoms with Crippen LogP contribution in [0.5, 0.6) is 0 Å². The Morgan fingerprint density at radius 3 is 2.35 bits per heavy atom. The molecule has 128 valence electrons. The molecule has 6 nitrogen and oxygen atoms in total. The van der Waals surface area contributed by atoms with Crippen LogP contribution in [0.3, 0.4) is 0 Å². The normalized spacial score (nSPS) is 22.0. The van der Waals surface area contributed by atoms with Gasteiger partial charge in [-0.25, -0.2) is 0 Å². The first-order chi connectivity index (χ1) is 11.1. The Kier molecular flexibility index (Phi) is 4.99. The zero-order valence-corrected chi connectivity index (χ0v) is 14.5. The van der Waals surface area contributed by atoms with Crippen molar-refractivity contribution in [3.05, 3.63) is 11.7 Å². The van der Waals surface area contributed by atoms with Gasteiger partial charge in [0.25, 0.3) is 0 Å². The van der Waals surface area contributed by atoms with Crippen molar-refractivity contribution in [1.82, 2.24) is 19.9 Å². The minimum Gasteiger partial charge on any atom is -0.342 e. The highest BCUT2D eigenvalue weighted by atomic mass is 16.5. The summed E-state index contributed by atoms with van der Waals surface area (Å²) < 4.78 is 5.42. The summed E-state index contributed by atoms with van der Waals surface area (Å²) in [6, 6.07) is 0.123. The average Bonchev–Trinajstić information content (AvgIpc) is 3.25. The second-order valence-corrected chi connectivity index (χ2v) is 7.16. The zero-order chi connectivity index (χ0) is 16.4. The Hall–Kier alpha value is -1.43. The molecule has 3 rings (SSSR count). The molecule has 0 saturated carbocycles. The van der Waals surface area contributed by atoms with Crippen molar-refractivity contribution in [1.29, 1.82) is 0 Å². The summed E-state index contributed by atoms with van der Waals surface area (Å²) in [5, 5.41) is 4.05. The second kappa shape index (κ2) is 6.99. The van der Waals surface area contributed by atoms with Gasteiger partial charge in [0.05, 0.1) is 6.04 Å². The molecule has 1 unspecified atom stereocenters. The van der Waals surface area contributed by atoms with Gasteiger partial charge in [-0.05, 0) is 45.7 Å². The lowest BCUT2D eigenvalue weighted by Crippen LogP contribution is -2.42. The molecule has 2 saturated heterocycles. The molecule has 0 spiro atoms. The molecule has 1 aromatic heterocycles. The van der Waals surface area contributed by atoms with Crippen LogP contribution in [0.2, 0.25) is 0 Å². The van der Waals surface area contributed by atoms with Gasteiger partial charge in [-0.15, -0.1) is 0 Å². The van der Waals surface area contributed by atoms with E-state index >= 15 is 0 Å². The number of amides is 1. The summed E-state index contributed by atoms with van der Waals surface area (Å²) in [6.07, 6.45) is 4.20. The molecule has 0 aromatic carbocycles. The predicted molar refractivity (Wildman–Crippen MR) is 86.9 cm³/mol. The molecular formula is C17H28N4O2. The number of nitrogens with zero attached hydrogens (tertiary/aromatic N) is 4. The van der Waals surface area contributed by atoms with E-state index < -0.39 is 0 Å². The molecule has 1 amide bonds. The summed E-state index contributed by atoms with van der Waals surface area (Å²) >= 11 is 0. The molecule has 2 aliphatic heterocycles. The van der Waals surface area contributed by atoms with E-state index in [4.69, 9.17) is 4.52 Å². The molecule has 1 aromatic rings. The fraction of sp³-hybridized carbons (Fsp3) is 0.824. The molecule has 2 fully saturated rings. The summed E-state index contributed by atoms with van der Waals surface area (Å²) in [7, 11) is 0. The van der Waals surface area contributed by atoms with Crippen LogP contribution in [0.1, 0.15) is 70.1 Å². The van der Waals surface area contributed by atoms with Crippen molar-refractivity contribution < 1.29 is 9.32 Å². The van der Waals surface area contributed by atoms with Crippen molar-refractivity contribution in [3.8, 4) is 0 Å². The molecule has 1 atom stereocenters. The first-order valence-electron chi connectivity index (χ1n) is 8.92. The third kappa shape index (κ3) is 3.57. The molecule has 6 heteroatoms. The Balaban J connectivity index is 1.54. The predicted octanol–water partition coefficient (Wildman–Crippen LogP) is 2.59. The van der Waals surface area contributed by atoms with Crippen LogP contribution in [0.25, 0.3) is 0 Å². The maximum atomic E-state index is 12.5. The third-order valence-corrected chi connectivity index (χ3v) is 5.18. The molecular weight excluding hydrogens is 292 g/mol.